The lowest BCUT2D eigenvalue weighted by Gasteiger charge is -2.36. The van der Waals surface area contributed by atoms with E-state index < -0.39 is 12.7 Å². The van der Waals surface area contributed by atoms with E-state index in [0.717, 1.165) is 5.69 Å². The molecule has 0 aromatic heterocycles. The minimum Gasteiger partial charge on any atom is -0.508 e. The van der Waals surface area contributed by atoms with Gasteiger partial charge in [0.15, 0.2) is 0 Å². The molecule has 1 aromatic carbocycles. The average molecular weight is 260 g/mol. The second-order valence-corrected chi connectivity index (χ2v) is 4.39. The lowest BCUT2D eigenvalue weighted by Crippen LogP contribution is -2.49. The maximum Gasteiger partial charge on any atom is 0.401 e. The average Bonchev–Trinajstić information content (AvgIpc) is 2.29. The summed E-state index contributed by atoms with van der Waals surface area (Å²) in [6.45, 7) is 1.11. The van der Waals surface area contributed by atoms with Crippen LogP contribution < -0.4 is 4.90 Å². The Hall–Kier alpha value is -1.43. The lowest BCUT2D eigenvalue weighted by molar-refractivity contribution is -0.146. The maximum atomic E-state index is 12.2. The number of hydrogen-bond donors (Lipinski definition) is 1. The first-order valence-electron chi connectivity index (χ1n) is 5.77. The summed E-state index contributed by atoms with van der Waals surface area (Å²) >= 11 is 0. The van der Waals surface area contributed by atoms with Gasteiger partial charge in [-0.05, 0) is 24.3 Å². The molecule has 0 amide bonds. The van der Waals surface area contributed by atoms with Gasteiger partial charge >= 0.3 is 6.18 Å². The highest BCUT2D eigenvalue weighted by Crippen LogP contribution is 2.21. The first kappa shape index (κ1) is 13.0. The van der Waals surface area contributed by atoms with Crippen molar-refractivity contribution in [3.8, 4) is 5.75 Å². The lowest BCUT2D eigenvalue weighted by atomic mass is 10.2. The van der Waals surface area contributed by atoms with E-state index in [1.54, 1.807) is 24.3 Å². The fraction of sp³-hybridized carbons (Fsp3) is 0.500. The zero-order valence-electron chi connectivity index (χ0n) is 9.82. The van der Waals surface area contributed by atoms with Gasteiger partial charge in [-0.1, -0.05) is 0 Å². The third-order valence-electron chi connectivity index (χ3n) is 2.99. The third kappa shape index (κ3) is 3.53. The van der Waals surface area contributed by atoms with Gasteiger partial charge in [0.1, 0.15) is 5.75 Å². The van der Waals surface area contributed by atoms with Crippen LogP contribution in [0.15, 0.2) is 24.3 Å². The molecule has 0 bridgehead atoms. The van der Waals surface area contributed by atoms with Crippen LogP contribution in [0.1, 0.15) is 0 Å². The number of hydrogen-bond acceptors (Lipinski definition) is 3. The summed E-state index contributed by atoms with van der Waals surface area (Å²) in [6, 6.07) is 6.71. The van der Waals surface area contributed by atoms with Crippen LogP contribution in [0.5, 0.6) is 5.75 Å². The van der Waals surface area contributed by atoms with Gasteiger partial charge in [0, 0.05) is 31.9 Å². The van der Waals surface area contributed by atoms with Crippen LogP contribution in [0.25, 0.3) is 0 Å². The highest BCUT2D eigenvalue weighted by Gasteiger charge is 2.32. The van der Waals surface area contributed by atoms with Crippen LogP contribution >= 0.6 is 0 Å². The number of rotatable bonds is 2. The van der Waals surface area contributed by atoms with Gasteiger partial charge in [0.25, 0.3) is 0 Å². The van der Waals surface area contributed by atoms with Crippen molar-refractivity contribution in [1.82, 2.24) is 4.90 Å². The Morgan fingerprint density at radius 3 is 2.06 bits per heavy atom. The Labute approximate surface area is 103 Å². The van der Waals surface area contributed by atoms with Crippen molar-refractivity contribution in [2.24, 2.45) is 0 Å². The minimum atomic E-state index is -4.12. The molecular weight excluding hydrogens is 245 g/mol. The van der Waals surface area contributed by atoms with Crippen molar-refractivity contribution in [1.29, 1.82) is 0 Å². The molecule has 0 spiro atoms. The van der Waals surface area contributed by atoms with Gasteiger partial charge in [-0.25, -0.2) is 0 Å². The van der Waals surface area contributed by atoms with Gasteiger partial charge in [0.2, 0.25) is 0 Å². The summed E-state index contributed by atoms with van der Waals surface area (Å²) in [5, 5.41) is 9.17. The Kier molecular flexibility index (Phi) is 3.65. The van der Waals surface area contributed by atoms with E-state index in [4.69, 9.17) is 0 Å². The Balaban J connectivity index is 1.88. The fourth-order valence-corrected chi connectivity index (χ4v) is 2.08. The van der Waals surface area contributed by atoms with E-state index >= 15 is 0 Å². The molecule has 0 atom stereocenters. The molecular formula is C12H15F3N2O. The molecule has 3 nitrogen and oxygen atoms in total. The van der Waals surface area contributed by atoms with E-state index in [-0.39, 0.29) is 5.75 Å². The quantitative estimate of drug-likeness (QED) is 0.882. The first-order valence-corrected chi connectivity index (χ1v) is 5.77. The zero-order valence-corrected chi connectivity index (χ0v) is 9.82. The van der Waals surface area contributed by atoms with Gasteiger partial charge < -0.3 is 10.0 Å². The molecule has 1 fully saturated rings. The number of nitrogens with zero attached hydrogens (tertiary/aromatic N) is 2. The molecule has 18 heavy (non-hydrogen) atoms. The number of anilines is 1. The van der Waals surface area contributed by atoms with Gasteiger partial charge in [0.05, 0.1) is 6.54 Å². The molecule has 100 valence electrons. The second-order valence-electron chi connectivity index (χ2n) is 4.39. The molecule has 2 rings (SSSR count). The summed E-state index contributed by atoms with van der Waals surface area (Å²) in [5.41, 5.74) is 0.930. The Morgan fingerprint density at radius 2 is 1.56 bits per heavy atom. The van der Waals surface area contributed by atoms with E-state index in [0.29, 0.717) is 26.2 Å². The molecule has 0 unspecified atom stereocenters. The SMILES string of the molecule is Oc1ccc(N2CCN(CC(F)(F)F)CC2)cc1. The van der Waals surface area contributed by atoms with E-state index in [9.17, 15) is 18.3 Å². The fourth-order valence-electron chi connectivity index (χ4n) is 2.08. The highest BCUT2D eigenvalue weighted by molar-refractivity contribution is 5.49. The molecule has 1 N–H and O–H groups in total. The Bertz CT molecular complexity index is 383. The summed E-state index contributed by atoms with van der Waals surface area (Å²) in [7, 11) is 0. The maximum absolute atomic E-state index is 12.2. The van der Waals surface area contributed by atoms with E-state index in [2.05, 4.69) is 0 Å². The number of benzene rings is 1. The number of piperazine rings is 1. The van der Waals surface area contributed by atoms with Crippen LogP contribution in [-0.2, 0) is 0 Å². The van der Waals surface area contributed by atoms with Crippen molar-refractivity contribution < 1.29 is 18.3 Å². The van der Waals surface area contributed by atoms with Crippen molar-refractivity contribution in [2.45, 2.75) is 6.18 Å². The van der Waals surface area contributed by atoms with E-state index in [1.165, 1.54) is 4.90 Å². The first-order chi connectivity index (χ1) is 8.44. The predicted molar refractivity (Wildman–Crippen MR) is 62.8 cm³/mol. The minimum absolute atomic E-state index is 0.189. The largest absolute Gasteiger partial charge is 0.508 e. The molecule has 1 heterocycles. The zero-order chi connectivity index (χ0) is 13.2. The molecule has 0 radical (unpaired) electrons. The Morgan fingerprint density at radius 1 is 1.00 bits per heavy atom. The summed E-state index contributed by atoms with van der Waals surface area (Å²) < 4.78 is 36.7. The molecule has 0 aliphatic carbocycles. The molecule has 1 saturated heterocycles. The topological polar surface area (TPSA) is 26.7 Å². The summed E-state index contributed by atoms with van der Waals surface area (Å²) in [6.07, 6.45) is -4.12. The number of phenols is 1. The molecule has 1 aliphatic rings. The van der Waals surface area contributed by atoms with Gasteiger partial charge in [-0.3, -0.25) is 4.90 Å². The number of phenolic OH excluding ortho intramolecular Hbond substituents is 1. The van der Waals surface area contributed by atoms with Crippen LogP contribution in [0.4, 0.5) is 18.9 Å². The van der Waals surface area contributed by atoms with Crippen LogP contribution in [0, 0.1) is 0 Å². The smallest absolute Gasteiger partial charge is 0.401 e. The third-order valence-corrected chi connectivity index (χ3v) is 2.99. The van der Waals surface area contributed by atoms with Crippen molar-refractivity contribution >= 4 is 5.69 Å². The molecule has 0 saturated carbocycles. The molecule has 1 aliphatic heterocycles. The molecule has 6 heteroatoms. The highest BCUT2D eigenvalue weighted by atomic mass is 19.4. The monoisotopic (exact) mass is 260 g/mol. The number of aromatic hydroxyl groups is 1. The second kappa shape index (κ2) is 5.06. The van der Waals surface area contributed by atoms with Crippen molar-refractivity contribution in [3.05, 3.63) is 24.3 Å². The molecule has 1 aromatic rings. The van der Waals surface area contributed by atoms with Crippen LogP contribution in [0.3, 0.4) is 0 Å². The number of alkyl halides is 3. The van der Waals surface area contributed by atoms with Crippen LogP contribution in [-0.4, -0.2) is 48.9 Å². The number of halogens is 3. The standard InChI is InChI=1S/C12H15F3N2O/c13-12(14,15)9-16-5-7-17(8-6-16)10-1-3-11(18)4-2-10/h1-4,18H,5-9H2. The summed E-state index contributed by atoms with van der Waals surface area (Å²) in [5.74, 6) is 0.189. The van der Waals surface area contributed by atoms with Gasteiger partial charge in [-0.15, -0.1) is 0 Å². The van der Waals surface area contributed by atoms with E-state index in [1.807, 2.05) is 4.90 Å². The predicted octanol–water partition coefficient (Wildman–Crippen LogP) is 2.08. The van der Waals surface area contributed by atoms with Crippen molar-refractivity contribution in [2.75, 3.05) is 37.6 Å². The summed E-state index contributed by atoms with van der Waals surface area (Å²) in [4.78, 5) is 3.43. The normalized spacial score (nSPS) is 18.1. The van der Waals surface area contributed by atoms with Gasteiger partial charge in [-0.2, -0.15) is 13.2 Å². The van der Waals surface area contributed by atoms with Crippen molar-refractivity contribution in [3.63, 3.8) is 0 Å². The van der Waals surface area contributed by atoms with Crippen LogP contribution in [0.2, 0.25) is 0 Å².